The van der Waals surface area contributed by atoms with Gasteiger partial charge in [-0.2, -0.15) is 0 Å². The third-order valence-electron chi connectivity index (χ3n) is 7.13. The van der Waals surface area contributed by atoms with Crippen LogP contribution in [0.2, 0.25) is 0 Å². The van der Waals surface area contributed by atoms with Crippen LogP contribution in [0.1, 0.15) is 56.6 Å². The molecule has 10 heteroatoms. The fourth-order valence-corrected chi connectivity index (χ4v) is 5.85. The molecule has 0 aromatic heterocycles. The molecular formula is C28H37N3O6S. The Kier molecular flexibility index (Phi) is 8.81. The molecule has 0 unspecified atom stereocenters. The predicted octanol–water partition coefficient (Wildman–Crippen LogP) is 3.75. The van der Waals surface area contributed by atoms with Crippen molar-refractivity contribution in [1.29, 1.82) is 0 Å². The molecule has 1 aliphatic heterocycles. The topological polar surface area (TPSA) is 105 Å². The summed E-state index contributed by atoms with van der Waals surface area (Å²) in [4.78, 5) is 28.8. The number of nitrogens with one attached hydrogen (secondary N) is 1. The van der Waals surface area contributed by atoms with Gasteiger partial charge in [-0.05, 0) is 43.9 Å². The number of carbonyl (C=O) groups excluding carboxylic acids is 2. The molecule has 0 radical (unpaired) electrons. The SMILES string of the molecule is CC[C@@H](C(=O)NC1CCCCC1)N(Cc1ccc(C)cc1)C(=O)CN(c1ccc2c(c1)OCO2)S(C)(=O)=O. The summed E-state index contributed by atoms with van der Waals surface area (Å²) in [6, 6.07) is 11.9. The molecule has 9 nitrogen and oxygen atoms in total. The van der Waals surface area contributed by atoms with E-state index in [9.17, 15) is 18.0 Å². The van der Waals surface area contributed by atoms with E-state index in [4.69, 9.17) is 9.47 Å². The Balaban J connectivity index is 1.61. The number of hydrogen-bond donors (Lipinski definition) is 1. The maximum atomic E-state index is 13.9. The van der Waals surface area contributed by atoms with Crippen molar-refractivity contribution in [2.75, 3.05) is 23.9 Å². The Morgan fingerprint density at radius 3 is 2.37 bits per heavy atom. The second kappa shape index (κ2) is 12.1. The van der Waals surface area contributed by atoms with Gasteiger partial charge in [0.1, 0.15) is 12.6 Å². The highest BCUT2D eigenvalue weighted by molar-refractivity contribution is 7.92. The van der Waals surface area contributed by atoms with E-state index in [0.717, 1.165) is 47.4 Å². The lowest BCUT2D eigenvalue weighted by Crippen LogP contribution is -2.53. The van der Waals surface area contributed by atoms with Crippen LogP contribution in [0.15, 0.2) is 42.5 Å². The van der Waals surface area contributed by atoms with E-state index in [0.29, 0.717) is 23.6 Å². The average Bonchev–Trinajstić information content (AvgIpc) is 3.36. The van der Waals surface area contributed by atoms with E-state index in [2.05, 4.69) is 5.32 Å². The molecule has 1 aliphatic carbocycles. The predicted molar refractivity (Wildman–Crippen MR) is 146 cm³/mol. The first kappa shape index (κ1) is 27.8. The molecule has 206 valence electrons. The molecule has 1 heterocycles. The van der Waals surface area contributed by atoms with Crippen molar-refractivity contribution in [2.45, 2.75) is 71.0 Å². The van der Waals surface area contributed by atoms with Crippen molar-refractivity contribution in [3.8, 4) is 11.5 Å². The highest BCUT2D eigenvalue weighted by atomic mass is 32.2. The average molecular weight is 544 g/mol. The van der Waals surface area contributed by atoms with Crippen LogP contribution in [0.4, 0.5) is 5.69 Å². The van der Waals surface area contributed by atoms with Gasteiger partial charge in [0.05, 0.1) is 11.9 Å². The molecule has 2 aromatic rings. The summed E-state index contributed by atoms with van der Waals surface area (Å²) in [7, 11) is -3.83. The summed E-state index contributed by atoms with van der Waals surface area (Å²) in [6.07, 6.45) is 6.64. The van der Waals surface area contributed by atoms with Gasteiger partial charge in [-0.25, -0.2) is 8.42 Å². The molecule has 1 N–H and O–H groups in total. The third kappa shape index (κ3) is 6.78. The van der Waals surface area contributed by atoms with E-state index in [1.165, 1.54) is 11.3 Å². The van der Waals surface area contributed by atoms with E-state index in [1.807, 2.05) is 38.1 Å². The van der Waals surface area contributed by atoms with Crippen molar-refractivity contribution in [2.24, 2.45) is 0 Å². The molecule has 38 heavy (non-hydrogen) atoms. The molecule has 2 aromatic carbocycles. The number of rotatable bonds is 10. The molecular weight excluding hydrogens is 506 g/mol. The van der Waals surface area contributed by atoms with Gasteiger partial charge in [0.25, 0.3) is 0 Å². The zero-order valence-corrected chi connectivity index (χ0v) is 23.1. The number of hydrogen-bond acceptors (Lipinski definition) is 6. The second-order valence-corrected chi connectivity index (χ2v) is 12.0. The minimum absolute atomic E-state index is 0.0508. The summed E-state index contributed by atoms with van der Waals surface area (Å²) in [5.74, 6) is 0.270. The number of sulfonamides is 1. The maximum Gasteiger partial charge on any atom is 0.244 e. The normalized spacial score (nSPS) is 16.1. The molecule has 2 aliphatic rings. The second-order valence-electron chi connectivity index (χ2n) is 10.1. The number of aryl methyl sites for hydroxylation is 1. The highest BCUT2D eigenvalue weighted by Gasteiger charge is 2.33. The van der Waals surface area contributed by atoms with Gasteiger partial charge in [0.15, 0.2) is 11.5 Å². The van der Waals surface area contributed by atoms with E-state index in [1.54, 1.807) is 18.2 Å². The van der Waals surface area contributed by atoms with Crippen LogP contribution >= 0.6 is 0 Å². The lowest BCUT2D eigenvalue weighted by atomic mass is 9.95. The van der Waals surface area contributed by atoms with Crippen molar-refractivity contribution in [3.05, 3.63) is 53.6 Å². The largest absolute Gasteiger partial charge is 0.454 e. The minimum Gasteiger partial charge on any atom is -0.454 e. The Morgan fingerprint density at radius 1 is 1.03 bits per heavy atom. The number of fused-ring (bicyclic) bond motifs is 1. The Labute approximate surface area is 225 Å². The van der Waals surface area contributed by atoms with Crippen LogP contribution < -0.4 is 19.1 Å². The van der Waals surface area contributed by atoms with Crippen molar-refractivity contribution < 1.29 is 27.5 Å². The molecule has 0 spiro atoms. The number of carbonyl (C=O) groups is 2. The highest BCUT2D eigenvalue weighted by Crippen LogP contribution is 2.36. The first-order valence-corrected chi connectivity index (χ1v) is 15.0. The Bertz CT molecular complexity index is 1240. The van der Waals surface area contributed by atoms with E-state index >= 15 is 0 Å². The smallest absolute Gasteiger partial charge is 0.244 e. The molecule has 0 bridgehead atoms. The maximum absolute atomic E-state index is 13.9. The van der Waals surface area contributed by atoms with Gasteiger partial charge >= 0.3 is 0 Å². The molecule has 4 rings (SSSR count). The summed E-state index contributed by atoms with van der Waals surface area (Å²) >= 11 is 0. The quantitative estimate of drug-likeness (QED) is 0.490. The fraction of sp³-hybridized carbons (Fsp3) is 0.500. The molecule has 2 amide bonds. The van der Waals surface area contributed by atoms with Crippen LogP contribution in [0.5, 0.6) is 11.5 Å². The van der Waals surface area contributed by atoms with Crippen LogP contribution in [0.3, 0.4) is 0 Å². The number of anilines is 1. The van der Waals surface area contributed by atoms with Crippen LogP contribution in [0.25, 0.3) is 0 Å². The van der Waals surface area contributed by atoms with E-state index < -0.39 is 28.5 Å². The number of benzene rings is 2. The summed E-state index contributed by atoms with van der Waals surface area (Å²) < 4.78 is 37.4. The monoisotopic (exact) mass is 543 g/mol. The minimum atomic E-state index is -3.83. The van der Waals surface area contributed by atoms with Crippen molar-refractivity contribution >= 4 is 27.5 Å². The van der Waals surface area contributed by atoms with Crippen LogP contribution in [0, 0.1) is 6.92 Å². The van der Waals surface area contributed by atoms with Gasteiger partial charge < -0.3 is 19.7 Å². The third-order valence-corrected chi connectivity index (χ3v) is 8.27. The zero-order chi connectivity index (χ0) is 27.3. The van der Waals surface area contributed by atoms with Crippen LogP contribution in [-0.2, 0) is 26.2 Å². The van der Waals surface area contributed by atoms with Gasteiger partial charge in [0.2, 0.25) is 28.6 Å². The number of nitrogens with zero attached hydrogens (tertiary/aromatic N) is 2. The summed E-state index contributed by atoms with van der Waals surface area (Å²) in [6.45, 7) is 3.64. The van der Waals surface area contributed by atoms with E-state index in [-0.39, 0.29) is 25.3 Å². The van der Waals surface area contributed by atoms with Gasteiger partial charge in [-0.3, -0.25) is 13.9 Å². The van der Waals surface area contributed by atoms with Crippen LogP contribution in [-0.4, -0.2) is 56.8 Å². The standard InChI is InChI=1S/C28H37N3O6S/c1-4-24(28(33)29-22-8-6-5-7-9-22)30(17-21-12-10-20(2)11-13-21)27(32)18-31(38(3,34)35)23-14-15-25-26(16-23)37-19-36-25/h10-16,22,24H,4-9,17-19H2,1-3H3,(H,29,33)/t24-/m0/s1. The molecule has 0 saturated heterocycles. The lowest BCUT2D eigenvalue weighted by Gasteiger charge is -2.34. The van der Waals surface area contributed by atoms with Gasteiger partial charge in [-0.1, -0.05) is 56.0 Å². The molecule has 1 atom stereocenters. The zero-order valence-electron chi connectivity index (χ0n) is 22.3. The Morgan fingerprint density at radius 2 is 1.71 bits per heavy atom. The van der Waals surface area contributed by atoms with Crippen molar-refractivity contribution in [1.82, 2.24) is 10.2 Å². The van der Waals surface area contributed by atoms with Crippen molar-refractivity contribution in [3.63, 3.8) is 0 Å². The Hall–Kier alpha value is -3.27. The summed E-state index contributed by atoms with van der Waals surface area (Å²) in [5.41, 5.74) is 2.24. The summed E-state index contributed by atoms with van der Waals surface area (Å²) in [5, 5.41) is 3.15. The number of ether oxygens (including phenoxy) is 2. The van der Waals surface area contributed by atoms with Gasteiger partial charge in [-0.15, -0.1) is 0 Å². The first-order chi connectivity index (χ1) is 18.2. The lowest BCUT2D eigenvalue weighted by molar-refractivity contribution is -0.140. The molecule has 1 saturated carbocycles. The van der Waals surface area contributed by atoms with Gasteiger partial charge in [0, 0.05) is 18.7 Å². The first-order valence-electron chi connectivity index (χ1n) is 13.2. The fourth-order valence-electron chi connectivity index (χ4n) is 5.01. The molecule has 1 fully saturated rings. The number of amides is 2.